The Morgan fingerprint density at radius 2 is 1.77 bits per heavy atom. The molecule has 4 aromatic rings. The largest absolute Gasteiger partial charge is 0.487 e. The third-order valence-corrected chi connectivity index (χ3v) is 5.84. The van der Waals surface area contributed by atoms with E-state index in [4.69, 9.17) is 14.4 Å². The molecule has 0 spiro atoms. The minimum atomic E-state index is 0.356. The smallest absolute Gasteiger partial charge is 0.226 e. The third kappa shape index (κ3) is 5.56. The lowest BCUT2D eigenvalue weighted by Crippen LogP contribution is -1.98. The Bertz CT molecular complexity index is 1200. The van der Waals surface area contributed by atoms with Crippen LogP contribution in [0.3, 0.4) is 0 Å². The molecule has 0 saturated carbocycles. The van der Waals surface area contributed by atoms with Crippen molar-refractivity contribution >= 4 is 11.8 Å². The fraction of sp³-hybridized carbons (Fsp3) is 0.154. The predicted octanol–water partition coefficient (Wildman–Crippen LogP) is 6.59. The monoisotopic (exact) mass is 426 g/mol. The van der Waals surface area contributed by atoms with Crippen molar-refractivity contribution < 1.29 is 9.15 Å². The van der Waals surface area contributed by atoms with Gasteiger partial charge in [0, 0.05) is 16.2 Å². The van der Waals surface area contributed by atoms with E-state index in [-0.39, 0.29) is 0 Å². The van der Waals surface area contributed by atoms with E-state index in [1.807, 2.05) is 61.5 Å². The van der Waals surface area contributed by atoms with Crippen molar-refractivity contribution in [3.8, 4) is 23.3 Å². The third-order valence-electron chi connectivity index (χ3n) is 4.77. The molecule has 1 aromatic heterocycles. The Morgan fingerprint density at radius 3 is 2.61 bits per heavy atom. The molecule has 4 rings (SSSR count). The van der Waals surface area contributed by atoms with Crippen molar-refractivity contribution in [2.24, 2.45) is 0 Å². The lowest BCUT2D eigenvalue weighted by atomic mass is 10.2. The molecule has 1 heterocycles. The molecule has 31 heavy (non-hydrogen) atoms. The topological polar surface area (TPSA) is 59.1 Å². The molecule has 154 valence electrons. The standard InChI is InChI=1S/C26H22N2O2S/c1-19-25(28-26(30-19)22-9-3-2-4-10-22)17-29-23-11-5-8-21(15-23)18-31-24-12-6-7-20(16-24)13-14-27/h2-12,15-16H,13,17-18H2,1H3. The molecule has 5 heteroatoms. The second-order valence-electron chi connectivity index (χ2n) is 7.09. The van der Waals surface area contributed by atoms with Gasteiger partial charge in [0.25, 0.3) is 0 Å². The van der Waals surface area contributed by atoms with Gasteiger partial charge in [0.15, 0.2) is 0 Å². The highest BCUT2D eigenvalue weighted by atomic mass is 32.2. The molecule has 0 radical (unpaired) electrons. The molecule has 0 atom stereocenters. The highest BCUT2D eigenvalue weighted by Gasteiger charge is 2.12. The van der Waals surface area contributed by atoms with Crippen LogP contribution in [0.2, 0.25) is 0 Å². The first-order valence-electron chi connectivity index (χ1n) is 10.0. The zero-order valence-corrected chi connectivity index (χ0v) is 18.1. The van der Waals surface area contributed by atoms with Gasteiger partial charge in [-0.25, -0.2) is 4.98 Å². The van der Waals surface area contributed by atoms with Gasteiger partial charge in [0.2, 0.25) is 5.89 Å². The molecule has 0 saturated heterocycles. The van der Waals surface area contributed by atoms with Crippen LogP contribution in [0.25, 0.3) is 11.5 Å². The minimum Gasteiger partial charge on any atom is -0.487 e. The highest BCUT2D eigenvalue weighted by molar-refractivity contribution is 7.98. The Morgan fingerprint density at radius 1 is 0.968 bits per heavy atom. The number of hydrogen-bond acceptors (Lipinski definition) is 5. The highest BCUT2D eigenvalue weighted by Crippen LogP contribution is 2.26. The zero-order valence-electron chi connectivity index (χ0n) is 17.2. The van der Waals surface area contributed by atoms with Crippen molar-refractivity contribution in [3.05, 3.63) is 101 Å². The Balaban J connectivity index is 1.38. The second-order valence-corrected chi connectivity index (χ2v) is 8.14. The van der Waals surface area contributed by atoms with E-state index in [2.05, 4.69) is 35.3 Å². The van der Waals surface area contributed by atoms with Crippen molar-refractivity contribution in [1.82, 2.24) is 4.98 Å². The van der Waals surface area contributed by atoms with Crippen LogP contribution in [-0.2, 0) is 18.8 Å². The Kier molecular flexibility index (Phi) is 6.71. The number of nitrogens with zero attached hydrogens (tertiary/aromatic N) is 2. The first-order valence-corrected chi connectivity index (χ1v) is 11.0. The summed E-state index contributed by atoms with van der Waals surface area (Å²) in [5, 5.41) is 8.88. The average Bonchev–Trinajstić information content (AvgIpc) is 3.18. The normalized spacial score (nSPS) is 10.6. The molecule has 0 N–H and O–H groups in total. The van der Waals surface area contributed by atoms with Crippen LogP contribution in [0.5, 0.6) is 5.75 Å². The van der Waals surface area contributed by atoms with Crippen molar-refractivity contribution in [1.29, 1.82) is 5.26 Å². The average molecular weight is 427 g/mol. The van der Waals surface area contributed by atoms with Gasteiger partial charge in [-0.3, -0.25) is 0 Å². The summed E-state index contributed by atoms with van der Waals surface area (Å²) in [6.45, 7) is 2.26. The number of aromatic nitrogens is 1. The molecular formula is C26H22N2O2S. The molecule has 0 aliphatic carbocycles. The fourth-order valence-electron chi connectivity index (χ4n) is 3.15. The molecule has 4 nitrogen and oxygen atoms in total. The quantitative estimate of drug-likeness (QED) is 0.298. The molecule has 0 amide bonds. The number of rotatable bonds is 8. The maximum Gasteiger partial charge on any atom is 0.226 e. The first-order chi connectivity index (χ1) is 15.2. The molecule has 3 aromatic carbocycles. The number of nitriles is 1. The second kappa shape index (κ2) is 10.0. The summed E-state index contributed by atoms with van der Waals surface area (Å²) < 4.78 is 11.8. The van der Waals surface area contributed by atoms with Gasteiger partial charge in [0.1, 0.15) is 23.8 Å². The predicted molar refractivity (Wildman–Crippen MR) is 123 cm³/mol. The van der Waals surface area contributed by atoms with E-state index >= 15 is 0 Å². The van der Waals surface area contributed by atoms with E-state index in [0.717, 1.165) is 39.0 Å². The molecule has 0 aliphatic rings. The van der Waals surface area contributed by atoms with E-state index in [9.17, 15) is 0 Å². The molecule has 0 bridgehead atoms. The molecule has 0 aliphatic heterocycles. The Labute approximate surface area is 186 Å². The van der Waals surface area contributed by atoms with Crippen LogP contribution in [0.4, 0.5) is 0 Å². The van der Waals surface area contributed by atoms with Gasteiger partial charge >= 0.3 is 0 Å². The van der Waals surface area contributed by atoms with E-state index in [1.54, 1.807) is 11.8 Å². The summed E-state index contributed by atoms with van der Waals surface area (Å²) in [6.07, 6.45) is 0.436. The number of ether oxygens (including phenoxy) is 1. The number of benzene rings is 3. The molecule has 0 unspecified atom stereocenters. The summed E-state index contributed by atoms with van der Waals surface area (Å²) in [7, 11) is 0. The Hall–Kier alpha value is -3.49. The SMILES string of the molecule is Cc1oc(-c2ccccc2)nc1COc1cccc(CSc2cccc(CC#N)c2)c1. The summed E-state index contributed by atoms with van der Waals surface area (Å²) in [5.41, 5.74) is 3.97. The molecule has 0 fully saturated rings. The summed E-state index contributed by atoms with van der Waals surface area (Å²) in [5.74, 6) is 3.01. The maximum absolute atomic E-state index is 8.88. The van der Waals surface area contributed by atoms with Crippen molar-refractivity contribution in [2.75, 3.05) is 0 Å². The van der Waals surface area contributed by atoms with Crippen molar-refractivity contribution in [2.45, 2.75) is 30.6 Å². The van der Waals surface area contributed by atoms with E-state index in [0.29, 0.717) is 18.9 Å². The van der Waals surface area contributed by atoms with Crippen LogP contribution in [-0.4, -0.2) is 4.98 Å². The summed E-state index contributed by atoms with van der Waals surface area (Å²) in [6, 6.07) is 28.3. The zero-order chi connectivity index (χ0) is 21.5. The van der Waals surface area contributed by atoms with Crippen LogP contribution in [0, 0.1) is 18.3 Å². The fourth-order valence-corrected chi connectivity index (χ4v) is 4.07. The van der Waals surface area contributed by atoms with Gasteiger partial charge in [0.05, 0.1) is 12.5 Å². The van der Waals surface area contributed by atoms with Crippen LogP contribution >= 0.6 is 11.8 Å². The summed E-state index contributed by atoms with van der Waals surface area (Å²) >= 11 is 1.75. The minimum absolute atomic E-state index is 0.356. The van der Waals surface area contributed by atoms with Crippen molar-refractivity contribution in [3.63, 3.8) is 0 Å². The maximum atomic E-state index is 8.88. The van der Waals surface area contributed by atoms with Gasteiger partial charge in [-0.2, -0.15) is 5.26 Å². The number of oxazole rings is 1. The number of thioether (sulfide) groups is 1. The van der Waals surface area contributed by atoms with Gasteiger partial charge in [-0.15, -0.1) is 11.8 Å². The molecular weight excluding hydrogens is 404 g/mol. The lowest BCUT2D eigenvalue weighted by molar-refractivity contribution is 0.299. The van der Waals surface area contributed by atoms with E-state index in [1.165, 1.54) is 5.56 Å². The van der Waals surface area contributed by atoms with E-state index < -0.39 is 0 Å². The summed E-state index contributed by atoms with van der Waals surface area (Å²) in [4.78, 5) is 5.76. The van der Waals surface area contributed by atoms with Crippen LogP contribution < -0.4 is 4.74 Å². The lowest BCUT2D eigenvalue weighted by Gasteiger charge is -2.08. The van der Waals surface area contributed by atoms with Crippen LogP contribution in [0.15, 0.2) is 88.2 Å². The van der Waals surface area contributed by atoms with Gasteiger partial charge in [-0.05, 0) is 54.4 Å². The first kappa shape index (κ1) is 20.8. The van der Waals surface area contributed by atoms with Gasteiger partial charge < -0.3 is 9.15 Å². The van der Waals surface area contributed by atoms with Crippen LogP contribution in [0.1, 0.15) is 22.6 Å². The number of hydrogen-bond donors (Lipinski definition) is 0. The number of aryl methyl sites for hydroxylation is 1. The van der Waals surface area contributed by atoms with Gasteiger partial charge in [-0.1, -0.05) is 42.5 Å².